The Kier molecular flexibility index (Phi) is 39.5. The summed E-state index contributed by atoms with van der Waals surface area (Å²) in [5.41, 5.74) is 0. The fraction of sp³-hybridized carbons (Fsp3) is 0.929. The third kappa shape index (κ3) is 37.6. The minimum absolute atomic E-state index is 0.168. The molecule has 1 N–H and O–H groups in total. The number of aliphatic hydroxyl groups is 1. The number of unbranched alkanes of at least 4 members (excludes halogenated alkanes) is 29. The van der Waals surface area contributed by atoms with Crippen molar-refractivity contribution in [3.05, 3.63) is 12.2 Å². The van der Waals surface area contributed by atoms with Gasteiger partial charge in [-0.15, -0.1) is 0 Å². The molecule has 0 saturated heterocycles. The number of hydrogen-bond donors (Lipinski definition) is 1. The second-order valence-electron chi connectivity index (χ2n) is 14.1. The van der Waals surface area contributed by atoms with Crippen molar-refractivity contribution >= 4 is 5.97 Å². The highest BCUT2D eigenvalue weighted by atomic mass is 16.6. The molecule has 0 bridgehead atoms. The summed E-state index contributed by atoms with van der Waals surface area (Å²) < 4.78 is 11.2. The molecule has 0 aliphatic carbocycles. The zero-order chi connectivity index (χ0) is 33.4. The van der Waals surface area contributed by atoms with Gasteiger partial charge in [0, 0.05) is 13.0 Å². The van der Waals surface area contributed by atoms with Crippen LogP contribution in [-0.4, -0.2) is 37.0 Å². The first kappa shape index (κ1) is 45.1. The van der Waals surface area contributed by atoms with E-state index in [9.17, 15) is 9.90 Å². The summed E-state index contributed by atoms with van der Waals surface area (Å²) in [6.07, 6.45) is 46.9. The van der Waals surface area contributed by atoms with E-state index >= 15 is 0 Å². The lowest BCUT2D eigenvalue weighted by molar-refractivity contribution is -0.154. The number of ether oxygens (including phenoxy) is 2. The molecule has 46 heavy (non-hydrogen) atoms. The van der Waals surface area contributed by atoms with Crippen LogP contribution in [0, 0.1) is 0 Å². The Morgan fingerprint density at radius 3 is 1.24 bits per heavy atom. The number of allylic oxidation sites excluding steroid dienone is 2. The van der Waals surface area contributed by atoms with Crippen LogP contribution >= 0.6 is 0 Å². The van der Waals surface area contributed by atoms with Crippen molar-refractivity contribution in [1.29, 1.82) is 0 Å². The Morgan fingerprint density at radius 1 is 0.500 bits per heavy atom. The van der Waals surface area contributed by atoms with E-state index in [0.29, 0.717) is 19.6 Å². The lowest BCUT2D eigenvalue weighted by Gasteiger charge is -2.15. The highest BCUT2D eigenvalue weighted by Crippen LogP contribution is 2.15. The predicted molar refractivity (Wildman–Crippen MR) is 201 cm³/mol. The first-order valence-electron chi connectivity index (χ1n) is 20.8. The minimum Gasteiger partial charge on any atom is -0.457 e. The van der Waals surface area contributed by atoms with Crippen LogP contribution < -0.4 is 0 Å². The zero-order valence-electron chi connectivity index (χ0n) is 31.4. The third-order valence-electron chi connectivity index (χ3n) is 9.34. The number of carbonyl (C=O) groups is 1. The van der Waals surface area contributed by atoms with E-state index in [1.807, 2.05) is 0 Å². The molecule has 0 fully saturated rings. The average molecular weight is 651 g/mol. The second-order valence-corrected chi connectivity index (χ2v) is 14.1. The average Bonchev–Trinajstić information content (AvgIpc) is 3.06. The molecule has 0 heterocycles. The maximum absolute atomic E-state index is 12.2. The molecule has 4 nitrogen and oxygen atoms in total. The smallest absolute Gasteiger partial charge is 0.306 e. The highest BCUT2D eigenvalue weighted by molar-refractivity contribution is 5.69. The monoisotopic (exact) mass is 651 g/mol. The summed E-state index contributed by atoms with van der Waals surface area (Å²) in [5, 5.41) is 9.58. The first-order chi connectivity index (χ1) is 22.7. The molecule has 0 amide bonds. The summed E-state index contributed by atoms with van der Waals surface area (Å²) in [6.45, 7) is 5.37. The van der Waals surface area contributed by atoms with Gasteiger partial charge in [-0.05, 0) is 38.5 Å². The summed E-state index contributed by atoms with van der Waals surface area (Å²) in [7, 11) is 0. The maximum atomic E-state index is 12.2. The molecule has 1 unspecified atom stereocenters. The molecule has 0 aliphatic rings. The highest BCUT2D eigenvalue weighted by Gasteiger charge is 2.13. The molecular formula is C42H82O4. The molecule has 0 aromatic carbocycles. The van der Waals surface area contributed by atoms with Gasteiger partial charge >= 0.3 is 5.97 Å². The predicted octanol–water partition coefficient (Wildman–Crippen LogP) is 13.4. The minimum atomic E-state index is -0.530. The molecule has 4 heteroatoms. The number of aliphatic hydroxyl groups excluding tert-OH is 1. The van der Waals surface area contributed by atoms with E-state index in [2.05, 4.69) is 26.0 Å². The summed E-state index contributed by atoms with van der Waals surface area (Å²) in [4.78, 5) is 12.2. The van der Waals surface area contributed by atoms with Crippen molar-refractivity contribution < 1.29 is 19.4 Å². The molecule has 0 saturated carbocycles. The Balaban J connectivity index is 3.39. The molecular weight excluding hydrogens is 568 g/mol. The van der Waals surface area contributed by atoms with Crippen molar-refractivity contribution in [2.75, 3.05) is 19.8 Å². The Labute approximate surface area is 288 Å². The zero-order valence-corrected chi connectivity index (χ0v) is 31.4. The van der Waals surface area contributed by atoms with Gasteiger partial charge in [0.25, 0.3) is 0 Å². The maximum Gasteiger partial charge on any atom is 0.306 e. The van der Waals surface area contributed by atoms with Crippen LogP contribution in [-0.2, 0) is 14.3 Å². The van der Waals surface area contributed by atoms with Crippen molar-refractivity contribution in [3.63, 3.8) is 0 Å². The fourth-order valence-electron chi connectivity index (χ4n) is 6.21. The van der Waals surface area contributed by atoms with E-state index in [-0.39, 0.29) is 12.6 Å². The van der Waals surface area contributed by atoms with Gasteiger partial charge in [-0.2, -0.15) is 0 Å². The van der Waals surface area contributed by atoms with E-state index in [0.717, 1.165) is 19.3 Å². The molecule has 0 aliphatic heterocycles. The van der Waals surface area contributed by atoms with Gasteiger partial charge in [-0.3, -0.25) is 4.79 Å². The normalized spacial score (nSPS) is 12.3. The van der Waals surface area contributed by atoms with Crippen LogP contribution in [0.1, 0.15) is 226 Å². The Bertz CT molecular complexity index is 604. The standard InChI is InChI=1S/C42H82O4/c1-3-5-7-9-11-13-15-17-19-21-23-25-27-29-31-33-35-37-42(44)46-41(39-43)40-45-38-36-34-32-30-28-26-24-22-20-18-16-14-12-10-8-6-4-2/h20,22,41,43H,3-19,21,23-40H2,1-2H3/b22-20-. The van der Waals surface area contributed by atoms with E-state index < -0.39 is 6.10 Å². The summed E-state index contributed by atoms with van der Waals surface area (Å²) in [6, 6.07) is 0. The van der Waals surface area contributed by atoms with Gasteiger partial charge in [-0.25, -0.2) is 0 Å². The van der Waals surface area contributed by atoms with E-state index in [1.54, 1.807) is 0 Å². The molecule has 0 radical (unpaired) electrons. The van der Waals surface area contributed by atoms with Gasteiger partial charge in [0.1, 0.15) is 6.10 Å². The van der Waals surface area contributed by atoms with Gasteiger partial charge in [0.15, 0.2) is 0 Å². The van der Waals surface area contributed by atoms with Gasteiger partial charge in [0.05, 0.1) is 13.2 Å². The van der Waals surface area contributed by atoms with E-state index in [1.165, 1.54) is 186 Å². The van der Waals surface area contributed by atoms with Crippen LogP contribution in [0.15, 0.2) is 12.2 Å². The lowest BCUT2D eigenvalue weighted by atomic mass is 10.0. The van der Waals surface area contributed by atoms with Crippen molar-refractivity contribution in [2.45, 2.75) is 232 Å². The number of esters is 1. The summed E-state index contributed by atoms with van der Waals surface area (Å²) in [5.74, 6) is -0.198. The SMILES string of the molecule is CCCCCCCCC/C=C\CCCCCCCCOCC(CO)OC(=O)CCCCCCCCCCCCCCCCCCC. The largest absolute Gasteiger partial charge is 0.457 e. The molecule has 274 valence electrons. The lowest BCUT2D eigenvalue weighted by Crippen LogP contribution is -2.27. The molecule has 0 aromatic rings. The number of hydrogen-bond acceptors (Lipinski definition) is 4. The number of rotatable bonds is 39. The Morgan fingerprint density at radius 2 is 0.848 bits per heavy atom. The topological polar surface area (TPSA) is 55.8 Å². The van der Waals surface area contributed by atoms with Crippen molar-refractivity contribution in [1.82, 2.24) is 0 Å². The van der Waals surface area contributed by atoms with Gasteiger partial charge < -0.3 is 14.6 Å². The van der Waals surface area contributed by atoms with Crippen LogP contribution in [0.25, 0.3) is 0 Å². The van der Waals surface area contributed by atoms with Crippen molar-refractivity contribution in [2.24, 2.45) is 0 Å². The van der Waals surface area contributed by atoms with Crippen LogP contribution in [0.3, 0.4) is 0 Å². The van der Waals surface area contributed by atoms with Crippen LogP contribution in [0.2, 0.25) is 0 Å². The molecule has 0 aromatic heterocycles. The van der Waals surface area contributed by atoms with Crippen molar-refractivity contribution in [3.8, 4) is 0 Å². The van der Waals surface area contributed by atoms with Crippen LogP contribution in [0.5, 0.6) is 0 Å². The van der Waals surface area contributed by atoms with Crippen LogP contribution in [0.4, 0.5) is 0 Å². The third-order valence-corrected chi connectivity index (χ3v) is 9.34. The fourth-order valence-corrected chi connectivity index (χ4v) is 6.21. The van der Waals surface area contributed by atoms with Gasteiger partial charge in [-0.1, -0.05) is 193 Å². The van der Waals surface area contributed by atoms with Gasteiger partial charge in [0.2, 0.25) is 0 Å². The number of carbonyl (C=O) groups excluding carboxylic acids is 1. The van der Waals surface area contributed by atoms with E-state index in [4.69, 9.17) is 9.47 Å². The second kappa shape index (κ2) is 40.3. The molecule has 0 spiro atoms. The quantitative estimate of drug-likeness (QED) is 0.0408. The Hall–Kier alpha value is -0.870. The summed E-state index contributed by atoms with van der Waals surface area (Å²) >= 11 is 0. The molecule has 0 rings (SSSR count). The first-order valence-corrected chi connectivity index (χ1v) is 20.8. The molecule has 1 atom stereocenters.